The third-order valence-electron chi connectivity index (χ3n) is 3.80. The molecule has 0 amide bonds. The standard InChI is InChI=1S/C16H30N4O/c1-7-16(8-2,11-21)20-13-10-12(17-9-3)18-14(19-13)15(4,5)6/h10,21H,7-9,11H2,1-6H3,(H2,17,18,19,20). The molecule has 0 saturated carbocycles. The molecule has 0 fully saturated rings. The molecule has 0 aliphatic heterocycles. The predicted octanol–water partition coefficient (Wildman–Crippen LogP) is 3.17. The summed E-state index contributed by atoms with van der Waals surface area (Å²) in [6.45, 7) is 13.4. The van der Waals surface area contributed by atoms with Gasteiger partial charge in [-0.1, -0.05) is 34.6 Å². The van der Waals surface area contributed by atoms with Gasteiger partial charge in [0.25, 0.3) is 0 Å². The van der Waals surface area contributed by atoms with Gasteiger partial charge in [0.2, 0.25) is 0 Å². The zero-order valence-electron chi connectivity index (χ0n) is 14.2. The van der Waals surface area contributed by atoms with E-state index in [-0.39, 0.29) is 17.6 Å². The molecule has 0 aliphatic carbocycles. The van der Waals surface area contributed by atoms with Crippen LogP contribution in [0.5, 0.6) is 0 Å². The maximum Gasteiger partial charge on any atom is 0.138 e. The van der Waals surface area contributed by atoms with Crippen LogP contribution in [0.25, 0.3) is 0 Å². The Balaban J connectivity index is 3.19. The van der Waals surface area contributed by atoms with E-state index >= 15 is 0 Å². The zero-order chi connectivity index (χ0) is 16.1. The van der Waals surface area contributed by atoms with E-state index in [1.54, 1.807) is 0 Å². The predicted molar refractivity (Wildman–Crippen MR) is 88.9 cm³/mol. The Morgan fingerprint density at radius 1 is 1.05 bits per heavy atom. The summed E-state index contributed by atoms with van der Waals surface area (Å²) in [5.74, 6) is 2.38. The molecule has 5 heteroatoms. The summed E-state index contributed by atoms with van der Waals surface area (Å²) in [5, 5.41) is 16.4. The van der Waals surface area contributed by atoms with Gasteiger partial charge in [0.05, 0.1) is 12.1 Å². The van der Waals surface area contributed by atoms with Gasteiger partial charge in [-0.3, -0.25) is 0 Å². The average Bonchev–Trinajstić information content (AvgIpc) is 2.44. The Morgan fingerprint density at radius 3 is 2.05 bits per heavy atom. The molecule has 120 valence electrons. The second kappa shape index (κ2) is 7.07. The van der Waals surface area contributed by atoms with Crippen molar-refractivity contribution in [1.29, 1.82) is 0 Å². The van der Waals surface area contributed by atoms with E-state index in [0.717, 1.165) is 36.8 Å². The lowest BCUT2D eigenvalue weighted by molar-refractivity contribution is 0.202. The van der Waals surface area contributed by atoms with E-state index in [1.807, 2.05) is 13.0 Å². The second-order valence-corrected chi connectivity index (χ2v) is 6.51. The Hall–Kier alpha value is -1.36. The maximum absolute atomic E-state index is 9.72. The Labute approximate surface area is 128 Å². The number of hydrogen-bond acceptors (Lipinski definition) is 5. The molecule has 0 unspecified atom stereocenters. The van der Waals surface area contributed by atoms with Crippen molar-refractivity contribution < 1.29 is 5.11 Å². The molecule has 0 bridgehead atoms. The first-order valence-corrected chi connectivity index (χ1v) is 7.82. The summed E-state index contributed by atoms with van der Waals surface area (Å²) >= 11 is 0. The van der Waals surface area contributed by atoms with E-state index < -0.39 is 0 Å². The highest BCUT2D eigenvalue weighted by molar-refractivity contribution is 5.49. The highest BCUT2D eigenvalue weighted by Crippen LogP contribution is 2.26. The third-order valence-corrected chi connectivity index (χ3v) is 3.80. The minimum absolute atomic E-state index is 0.0887. The lowest BCUT2D eigenvalue weighted by Crippen LogP contribution is -2.41. The Kier molecular flexibility index (Phi) is 5.96. The summed E-state index contributed by atoms with van der Waals surface area (Å²) in [6, 6.07) is 1.91. The zero-order valence-corrected chi connectivity index (χ0v) is 14.2. The minimum atomic E-state index is -0.326. The van der Waals surface area contributed by atoms with Gasteiger partial charge in [0, 0.05) is 18.0 Å². The summed E-state index contributed by atoms with van der Waals surface area (Å²) in [4.78, 5) is 9.22. The van der Waals surface area contributed by atoms with Gasteiger partial charge in [-0.05, 0) is 19.8 Å². The number of anilines is 2. The quantitative estimate of drug-likeness (QED) is 0.720. The van der Waals surface area contributed by atoms with Gasteiger partial charge in [-0.2, -0.15) is 0 Å². The van der Waals surface area contributed by atoms with Crippen LogP contribution >= 0.6 is 0 Å². The van der Waals surface area contributed by atoms with E-state index in [4.69, 9.17) is 0 Å². The van der Waals surface area contributed by atoms with Crippen LogP contribution in [0.4, 0.5) is 11.6 Å². The maximum atomic E-state index is 9.72. The van der Waals surface area contributed by atoms with Gasteiger partial charge in [-0.15, -0.1) is 0 Å². The van der Waals surface area contributed by atoms with Crippen molar-refractivity contribution in [3.8, 4) is 0 Å². The van der Waals surface area contributed by atoms with Crippen LogP contribution in [-0.2, 0) is 5.41 Å². The average molecular weight is 294 g/mol. The van der Waals surface area contributed by atoms with Crippen LogP contribution in [0.15, 0.2) is 6.07 Å². The van der Waals surface area contributed by atoms with E-state index in [9.17, 15) is 5.11 Å². The van der Waals surface area contributed by atoms with E-state index in [0.29, 0.717) is 0 Å². The number of aromatic nitrogens is 2. The summed E-state index contributed by atoms with van der Waals surface area (Å²) in [6.07, 6.45) is 1.68. The molecule has 3 N–H and O–H groups in total. The van der Waals surface area contributed by atoms with Crippen molar-refractivity contribution in [1.82, 2.24) is 9.97 Å². The highest BCUT2D eigenvalue weighted by Gasteiger charge is 2.27. The molecule has 0 aromatic carbocycles. The molecule has 0 radical (unpaired) electrons. The molecule has 0 atom stereocenters. The van der Waals surface area contributed by atoms with Gasteiger partial charge in [0.1, 0.15) is 17.5 Å². The largest absolute Gasteiger partial charge is 0.394 e. The van der Waals surface area contributed by atoms with Gasteiger partial charge >= 0.3 is 0 Å². The first-order chi connectivity index (χ1) is 9.80. The Bertz CT molecular complexity index is 442. The summed E-state index contributed by atoms with van der Waals surface area (Å²) < 4.78 is 0. The molecular weight excluding hydrogens is 264 g/mol. The number of nitrogens with one attached hydrogen (secondary N) is 2. The summed E-state index contributed by atoms with van der Waals surface area (Å²) in [7, 11) is 0. The van der Waals surface area contributed by atoms with Crippen LogP contribution in [0.2, 0.25) is 0 Å². The Morgan fingerprint density at radius 2 is 1.62 bits per heavy atom. The van der Waals surface area contributed by atoms with Crippen molar-refractivity contribution in [3.63, 3.8) is 0 Å². The molecule has 0 aliphatic rings. The van der Waals surface area contributed by atoms with Crippen molar-refractivity contribution in [2.45, 2.75) is 65.3 Å². The number of aliphatic hydroxyl groups is 1. The molecule has 0 spiro atoms. The van der Waals surface area contributed by atoms with E-state index in [2.05, 4.69) is 55.2 Å². The lowest BCUT2D eigenvalue weighted by atomic mass is 9.93. The summed E-state index contributed by atoms with van der Waals surface area (Å²) in [5.41, 5.74) is -0.449. The van der Waals surface area contributed by atoms with Crippen LogP contribution in [0.3, 0.4) is 0 Å². The number of aliphatic hydroxyl groups excluding tert-OH is 1. The first-order valence-electron chi connectivity index (χ1n) is 7.82. The van der Waals surface area contributed by atoms with Crippen molar-refractivity contribution in [2.24, 2.45) is 0 Å². The van der Waals surface area contributed by atoms with Crippen LogP contribution in [-0.4, -0.2) is 33.8 Å². The fraction of sp³-hybridized carbons (Fsp3) is 0.750. The third kappa shape index (κ3) is 4.56. The van der Waals surface area contributed by atoms with Gasteiger partial charge in [-0.25, -0.2) is 9.97 Å². The molecular formula is C16H30N4O. The number of nitrogens with zero attached hydrogens (tertiary/aromatic N) is 2. The highest BCUT2D eigenvalue weighted by atomic mass is 16.3. The van der Waals surface area contributed by atoms with Crippen molar-refractivity contribution >= 4 is 11.6 Å². The molecule has 1 aromatic heterocycles. The van der Waals surface area contributed by atoms with Crippen molar-refractivity contribution in [3.05, 3.63) is 11.9 Å². The van der Waals surface area contributed by atoms with Crippen molar-refractivity contribution in [2.75, 3.05) is 23.8 Å². The molecule has 1 rings (SSSR count). The number of hydrogen-bond donors (Lipinski definition) is 3. The second-order valence-electron chi connectivity index (χ2n) is 6.51. The topological polar surface area (TPSA) is 70.1 Å². The molecule has 0 saturated heterocycles. The fourth-order valence-electron chi connectivity index (χ4n) is 2.08. The number of rotatable bonds is 7. The lowest BCUT2D eigenvalue weighted by Gasteiger charge is -2.32. The van der Waals surface area contributed by atoms with Crippen LogP contribution < -0.4 is 10.6 Å². The van der Waals surface area contributed by atoms with Gasteiger partial charge < -0.3 is 15.7 Å². The fourth-order valence-corrected chi connectivity index (χ4v) is 2.08. The van der Waals surface area contributed by atoms with Crippen LogP contribution in [0, 0.1) is 0 Å². The smallest absolute Gasteiger partial charge is 0.138 e. The molecule has 21 heavy (non-hydrogen) atoms. The molecule has 1 aromatic rings. The van der Waals surface area contributed by atoms with Gasteiger partial charge in [0.15, 0.2) is 0 Å². The van der Waals surface area contributed by atoms with Crippen LogP contribution in [0.1, 0.15) is 60.2 Å². The molecule has 5 nitrogen and oxygen atoms in total. The minimum Gasteiger partial charge on any atom is -0.394 e. The first kappa shape index (κ1) is 17.7. The SMILES string of the molecule is CCNc1cc(NC(CC)(CC)CO)nc(C(C)(C)C)n1. The normalized spacial score (nSPS) is 12.3. The van der Waals surface area contributed by atoms with E-state index in [1.165, 1.54) is 0 Å². The monoisotopic (exact) mass is 294 g/mol. The molecule has 1 heterocycles.